The van der Waals surface area contributed by atoms with Crippen molar-refractivity contribution in [1.29, 1.82) is 0 Å². The van der Waals surface area contributed by atoms with Crippen LogP contribution in [0.5, 0.6) is 5.75 Å². The fraction of sp³-hybridized carbons (Fsp3) is 0.467. The SMILES string of the molecule is COc1cccc2c1[C@H]1[C@@H]3[C@@H]2[C@H]2C=C[C@H]2[C@@H]13. The van der Waals surface area contributed by atoms with Crippen LogP contribution in [-0.4, -0.2) is 7.11 Å². The van der Waals surface area contributed by atoms with Crippen LogP contribution < -0.4 is 4.74 Å². The summed E-state index contributed by atoms with van der Waals surface area (Å²) in [5, 5.41) is 0. The monoisotopic (exact) mass is 210 g/mol. The van der Waals surface area contributed by atoms with Crippen molar-refractivity contribution in [2.75, 3.05) is 7.11 Å². The van der Waals surface area contributed by atoms with Gasteiger partial charge in [0, 0.05) is 5.56 Å². The van der Waals surface area contributed by atoms with Gasteiger partial charge in [-0.15, -0.1) is 0 Å². The summed E-state index contributed by atoms with van der Waals surface area (Å²) in [5.41, 5.74) is 3.16. The summed E-state index contributed by atoms with van der Waals surface area (Å²) in [6, 6.07) is 6.63. The predicted molar refractivity (Wildman–Crippen MR) is 61.6 cm³/mol. The molecule has 4 aliphatic rings. The number of fused-ring (bicyclic) bond motifs is 7. The average Bonchev–Trinajstić information content (AvgIpc) is 2.80. The number of benzene rings is 1. The number of methoxy groups -OCH3 is 1. The third-order valence-electron chi connectivity index (χ3n) is 5.42. The van der Waals surface area contributed by atoms with Crippen LogP contribution in [0.1, 0.15) is 23.0 Å². The summed E-state index contributed by atoms with van der Waals surface area (Å²) < 4.78 is 5.55. The smallest absolute Gasteiger partial charge is 0.122 e. The zero-order chi connectivity index (χ0) is 10.4. The highest BCUT2D eigenvalue weighted by atomic mass is 16.5. The van der Waals surface area contributed by atoms with Crippen LogP contribution in [0, 0.1) is 23.7 Å². The molecule has 0 radical (unpaired) electrons. The minimum absolute atomic E-state index is 0.829. The van der Waals surface area contributed by atoms with Gasteiger partial charge in [0.1, 0.15) is 5.75 Å². The summed E-state index contributed by atoms with van der Waals surface area (Å²) in [6.07, 6.45) is 4.88. The molecule has 0 bridgehead atoms. The maximum Gasteiger partial charge on any atom is 0.122 e. The van der Waals surface area contributed by atoms with E-state index in [1.165, 1.54) is 0 Å². The highest BCUT2D eigenvalue weighted by molar-refractivity contribution is 5.59. The van der Waals surface area contributed by atoms with E-state index in [2.05, 4.69) is 30.4 Å². The van der Waals surface area contributed by atoms with Crippen molar-refractivity contribution in [3.63, 3.8) is 0 Å². The Morgan fingerprint density at radius 1 is 1.00 bits per heavy atom. The summed E-state index contributed by atoms with van der Waals surface area (Å²) in [7, 11) is 1.81. The van der Waals surface area contributed by atoms with Gasteiger partial charge in [0.15, 0.2) is 0 Å². The van der Waals surface area contributed by atoms with E-state index in [1.807, 2.05) is 0 Å². The molecule has 0 N–H and O–H groups in total. The molecule has 1 heteroatoms. The largest absolute Gasteiger partial charge is 0.496 e. The van der Waals surface area contributed by atoms with Gasteiger partial charge >= 0.3 is 0 Å². The summed E-state index contributed by atoms with van der Waals surface area (Å²) >= 11 is 0. The van der Waals surface area contributed by atoms with E-state index in [-0.39, 0.29) is 0 Å². The summed E-state index contributed by atoms with van der Waals surface area (Å²) in [5.74, 6) is 6.48. The molecule has 5 rings (SSSR count). The van der Waals surface area contributed by atoms with Gasteiger partial charge in [0.05, 0.1) is 7.11 Å². The second-order valence-electron chi connectivity index (χ2n) is 5.71. The van der Waals surface area contributed by atoms with Crippen molar-refractivity contribution >= 4 is 0 Å². The Kier molecular flexibility index (Phi) is 1.10. The van der Waals surface area contributed by atoms with Crippen molar-refractivity contribution < 1.29 is 4.74 Å². The molecule has 0 unspecified atom stereocenters. The van der Waals surface area contributed by atoms with E-state index < -0.39 is 0 Å². The predicted octanol–water partition coefficient (Wildman–Crippen LogP) is 2.94. The van der Waals surface area contributed by atoms with Crippen LogP contribution in [0.25, 0.3) is 0 Å². The molecule has 0 heterocycles. The number of allylic oxidation sites excluding steroid dienone is 2. The molecule has 1 nitrogen and oxygen atoms in total. The number of rotatable bonds is 1. The van der Waals surface area contributed by atoms with Crippen LogP contribution in [0.3, 0.4) is 0 Å². The molecule has 1 aromatic rings. The molecule has 1 aromatic carbocycles. The van der Waals surface area contributed by atoms with Crippen LogP contribution >= 0.6 is 0 Å². The van der Waals surface area contributed by atoms with Crippen LogP contribution in [0.4, 0.5) is 0 Å². The van der Waals surface area contributed by atoms with Crippen molar-refractivity contribution in [3.8, 4) is 5.75 Å². The molecular formula is C15H14O. The first-order valence-electron chi connectivity index (χ1n) is 6.27. The molecule has 6 atom stereocenters. The first-order chi connectivity index (χ1) is 7.92. The Morgan fingerprint density at radius 2 is 1.88 bits per heavy atom. The van der Waals surface area contributed by atoms with Crippen molar-refractivity contribution in [3.05, 3.63) is 41.5 Å². The minimum Gasteiger partial charge on any atom is -0.496 e. The molecule has 0 spiro atoms. The second kappa shape index (κ2) is 2.22. The van der Waals surface area contributed by atoms with Gasteiger partial charge in [-0.2, -0.15) is 0 Å². The topological polar surface area (TPSA) is 9.23 Å². The minimum atomic E-state index is 0.829. The van der Waals surface area contributed by atoms with E-state index in [1.54, 1.807) is 18.2 Å². The molecule has 4 aliphatic carbocycles. The maximum atomic E-state index is 5.55. The lowest BCUT2D eigenvalue weighted by atomic mass is 9.76. The Hall–Kier alpha value is -1.24. The number of ether oxygens (including phenoxy) is 1. The highest BCUT2D eigenvalue weighted by Crippen LogP contribution is 2.80. The van der Waals surface area contributed by atoms with Gasteiger partial charge in [-0.1, -0.05) is 24.3 Å². The van der Waals surface area contributed by atoms with Crippen molar-refractivity contribution in [2.24, 2.45) is 23.7 Å². The Balaban J connectivity index is 1.77. The third kappa shape index (κ3) is 0.611. The third-order valence-corrected chi connectivity index (χ3v) is 5.42. The lowest BCUT2D eigenvalue weighted by Crippen LogP contribution is -2.19. The van der Waals surface area contributed by atoms with Gasteiger partial charge in [-0.05, 0) is 47.1 Å². The van der Waals surface area contributed by atoms with E-state index in [4.69, 9.17) is 4.74 Å². The molecule has 0 amide bonds. The van der Waals surface area contributed by atoms with E-state index in [0.29, 0.717) is 0 Å². The van der Waals surface area contributed by atoms with Crippen LogP contribution in [0.15, 0.2) is 30.4 Å². The summed E-state index contributed by atoms with van der Waals surface area (Å²) in [6.45, 7) is 0. The zero-order valence-corrected chi connectivity index (χ0v) is 9.26. The quantitative estimate of drug-likeness (QED) is 0.647. The molecule has 0 aliphatic heterocycles. The second-order valence-corrected chi connectivity index (χ2v) is 5.71. The zero-order valence-electron chi connectivity index (χ0n) is 9.26. The lowest BCUT2D eigenvalue weighted by molar-refractivity contribution is 0.393. The first kappa shape index (κ1) is 7.94. The standard InChI is InChI=1S/C15H14O/c1-16-10-4-2-3-9-11-7-5-6-8(7)13-14(11)15(13)12(9)10/h2-8,11,13-15H,1H3/t7-,8+,11+,13+,14+,15+/m0/s1. The van der Waals surface area contributed by atoms with Gasteiger partial charge in [0.25, 0.3) is 0 Å². The Labute approximate surface area is 95.1 Å². The summed E-state index contributed by atoms with van der Waals surface area (Å²) in [4.78, 5) is 0. The number of hydrogen-bond acceptors (Lipinski definition) is 1. The lowest BCUT2D eigenvalue weighted by Gasteiger charge is -2.28. The average molecular weight is 210 g/mol. The fourth-order valence-corrected chi connectivity index (χ4v) is 4.87. The fourth-order valence-electron chi connectivity index (χ4n) is 4.87. The van der Waals surface area contributed by atoms with Gasteiger partial charge < -0.3 is 4.74 Å². The molecule has 0 aromatic heterocycles. The van der Waals surface area contributed by atoms with Crippen LogP contribution in [-0.2, 0) is 0 Å². The maximum absolute atomic E-state index is 5.55. The van der Waals surface area contributed by atoms with Gasteiger partial charge in [-0.25, -0.2) is 0 Å². The number of hydrogen-bond donors (Lipinski definition) is 0. The van der Waals surface area contributed by atoms with Gasteiger partial charge in [0.2, 0.25) is 0 Å². The molecular weight excluding hydrogens is 196 g/mol. The van der Waals surface area contributed by atoms with E-state index >= 15 is 0 Å². The highest BCUT2D eigenvalue weighted by Gasteiger charge is 2.72. The van der Waals surface area contributed by atoms with Crippen molar-refractivity contribution in [1.82, 2.24) is 0 Å². The molecule has 80 valence electrons. The molecule has 2 fully saturated rings. The van der Waals surface area contributed by atoms with Crippen molar-refractivity contribution in [2.45, 2.75) is 11.8 Å². The van der Waals surface area contributed by atoms with E-state index in [0.717, 1.165) is 41.3 Å². The molecule has 0 saturated heterocycles. The molecule has 16 heavy (non-hydrogen) atoms. The van der Waals surface area contributed by atoms with Gasteiger partial charge in [-0.3, -0.25) is 0 Å². The molecule has 2 saturated carbocycles. The Bertz CT molecular complexity index is 530. The van der Waals surface area contributed by atoms with E-state index in [9.17, 15) is 0 Å². The first-order valence-corrected chi connectivity index (χ1v) is 6.27. The normalized spacial score (nSPS) is 48.1. The Morgan fingerprint density at radius 3 is 2.62 bits per heavy atom. The van der Waals surface area contributed by atoms with Crippen LogP contribution in [0.2, 0.25) is 0 Å².